The zero-order valence-corrected chi connectivity index (χ0v) is 9.40. The van der Waals surface area contributed by atoms with Crippen molar-refractivity contribution in [1.82, 2.24) is 9.38 Å². The summed E-state index contributed by atoms with van der Waals surface area (Å²) in [5.74, 6) is -1.07. The van der Waals surface area contributed by atoms with E-state index in [9.17, 15) is 14.9 Å². The fourth-order valence-corrected chi connectivity index (χ4v) is 1.59. The Labute approximate surface area is 101 Å². The molecule has 0 fully saturated rings. The molecule has 0 aliphatic rings. The Bertz CT molecular complexity index is 672. The maximum atomic E-state index is 10.7. The van der Waals surface area contributed by atoms with Crippen LogP contribution < -0.4 is 0 Å². The average Bonchev–Trinajstić information content (AvgIpc) is 2.63. The van der Waals surface area contributed by atoms with Gasteiger partial charge in [0.15, 0.2) is 0 Å². The maximum Gasteiger partial charge on any atom is 0.328 e. The number of nitro groups is 1. The van der Waals surface area contributed by atoms with Crippen molar-refractivity contribution < 1.29 is 14.8 Å². The fraction of sp³-hybridized carbons (Fsp3) is 0.0909. The molecule has 0 saturated carbocycles. The van der Waals surface area contributed by atoms with Crippen LogP contribution in [-0.2, 0) is 4.79 Å². The van der Waals surface area contributed by atoms with Crippen LogP contribution in [0.2, 0.25) is 0 Å². The first-order valence-corrected chi connectivity index (χ1v) is 5.03. The van der Waals surface area contributed by atoms with Gasteiger partial charge in [-0.2, -0.15) is 0 Å². The summed E-state index contributed by atoms with van der Waals surface area (Å²) in [6, 6.07) is 2.87. The van der Waals surface area contributed by atoms with E-state index in [0.717, 1.165) is 6.08 Å². The van der Waals surface area contributed by atoms with Gasteiger partial charge >= 0.3 is 5.97 Å². The maximum absolute atomic E-state index is 10.7. The molecule has 2 aromatic heterocycles. The lowest BCUT2D eigenvalue weighted by Crippen LogP contribution is -1.93. The number of aromatic nitrogens is 2. The highest BCUT2D eigenvalue weighted by Crippen LogP contribution is 2.18. The fourth-order valence-electron chi connectivity index (χ4n) is 1.59. The topological polar surface area (TPSA) is 97.7 Å². The van der Waals surface area contributed by atoms with Crippen molar-refractivity contribution in [2.75, 3.05) is 0 Å². The number of carbonyl (C=O) groups is 1. The third-order valence-corrected chi connectivity index (χ3v) is 2.47. The standard InChI is InChI=1S/C11H9N3O4/c1-7-9(3-5-11(15)16)12-10-4-2-8(14(17)18)6-13(7)10/h2-6H,1H3,(H,15,16). The van der Waals surface area contributed by atoms with Crippen molar-refractivity contribution in [2.24, 2.45) is 0 Å². The van der Waals surface area contributed by atoms with Crippen LogP contribution in [0.15, 0.2) is 24.4 Å². The van der Waals surface area contributed by atoms with Gasteiger partial charge in [0, 0.05) is 17.8 Å². The van der Waals surface area contributed by atoms with Gasteiger partial charge in [0.05, 0.1) is 16.8 Å². The largest absolute Gasteiger partial charge is 0.478 e. The second-order valence-corrected chi connectivity index (χ2v) is 3.63. The van der Waals surface area contributed by atoms with E-state index < -0.39 is 10.9 Å². The van der Waals surface area contributed by atoms with Crippen LogP contribution in [0.3, 0.4) is 0 Å². The number of pyridine rings is 1. The summed E-state index contributed by atoms with van der Waals surface area (Å²) in [7, 11) is 0. The summed E-state index contributed by atoms with van der Waals surface area (Å²) in [5, 5.41) is 19.2. The van der Waals surface area contributed by atoms with Crippen molar-refractivity contribution >= 4 is 23.4 Å². The molecule has 0 spiro atoms. The Kier molecular flexibility index (Phi) is 2.80. The van der Waals surface area contributed by atoms with Crippen LogP contribution in [0.4, 0.5) is 5.69 Å². The number of aliphatic carboxylic acids is 1. The Morgan fingerprint density at radius 2 is 2.28 bits per heavy atom. The minimum Gasteiger partial charge on any atom is -0.478 e. The lowest BCUT2D eigenvalue weighted by Gasteiger charge is -1.96. The Morgan fingerprint density at radius 1 is 1.56 bits per heavy atom. The van der Waals surface area contributed by atoms with E-state index in [-0.39, 0.29) is 5.69 Å². The predicted octanol–water partition coefficient (Wildman–Crippen LogP) is 1.65. The van der Waals surface area contributed by atoms with Crippen LogP contribution in [0.1, 0.15) is 11.4 Å². The van der Waals surface area contributed by atoms with E-state index in [1.807, 2.05) is 0 Å². The molecule has 0 amide bonds. The van der Waals surface area contributed by atoms with Crippen LogP contribution in [0.25, 0.3) is 11.7 Å². The number of aryl methyl sites for hydroxylation is 1. The molecular weight excluding hydrogens is 238 g/mol. The molecule has 0 unspecified atom stereocenters. The normalized spacial score (nSPS) is 11.2. The van der Waals surface area contributed by atoms with Gasteiger partial charge < -0.3 is 5.11 Å². The zero-order chi connectivity index (χ0) is 13.3. The first-order valence-electron chi connectivity index (χ1n) is 5.03. The van der Waals surface area contributed by atoms with Crippen molar-refractivity contribution in [3.05, 3.63) is 45.9 Å². The van der Waals surface area contributed by atoms with Crippen molar-refractivity contribution in [3.63, 3.8) is 0 Å². The summed E-state index contributed by atoms with van der Waals surface area (Å²) in [6.07, 6.45) is 3.69. The Morgan fingerprint density at radius 3 is 2.89 bits per heavy atom. The second kappa shape index (κ2) is 4.28. The SMILES string of the molecule is Cc1c(C=CC(=O)O)nc2ccc([N+](=O)[O-])cn12. The van der Waals surface area contributed by atoms with Gasteiger partial charge in [-0.3, -0.25) is 14.5 Å². The van der Waals surface area contributed by atoms with E-state index in [0.29, 0.717) is 17.0 Å². The molecule has 0 atom stereocenters. The smallest absolute Gasteiger partial charge is 0.328 e. The molecule has 0 saturated heterocycles. The van der Waals surface area contributed by atoms with Gasteiger partial charge in [-0.05, 0) is 19.1 Å². The highest BCUT2D eigenvalue weighted by atomic mass is 16.6. The minimum atomic E-state index is -1.07. The quantitative estimate of drug-likeness (QED) is 0.505. The molecule has 1 N–H and O–H groups in total. The number of carboxylic acids is 1. The van der Waals surface area contributed by atoms with E-state index in [2.05, 4.69) is 4.98 Å². The first kappa shape index (κ1) is 11.8. The molecule has 0 aliphatic carbocycles. The first-order chi connectivity index (χ1) is 8.49. The number of hydrogen-bond donors (Lipinski definition) is 1. The Balaban J connectivity index is 2.56. The molecule has 2 heterocycles. The van der Waals surface area contributed by atoms with Crippen molar-refractivity contribution in [1.29, 1.82) is 0 Å². The van der Waals surface area contributed by atoms with Gasteiger partial charge in [0.2, 0.25) is 0 Å². The number of rotatable bonds is 3. The molecule has 0 aromatic carbocycles. The van der Waals surface area contributed by atoms with E-state index in [1.54, 1.807) is 11.3 Å². The molecule has 2 rings (SSSR count). The van der Waals surface area contributed by atoms with Crippen molar-refractivity contribution in [2.45, 2.75) is 6.92 Å². The molecule has 92 valence electrons. The molecule has 0 bridgehead atoms. The van der Waals surface area contributed by atoms with Crippen LogP contribution in [0, 0.1) is 17.0 Å². The zero-order valence-electron chi connectivity index (χ0n) is 9.40. The Hall–Kier alpha value is -2.70. The molecule has 2 aromatic rings. The van der Waals surface area contributed by atoms with Gasteiger partial charge in [0.1, 0.15) is 5.65 Å². The van der Waals surface area contributed by atoms with Gasteiger partial charge in [-0.25, -0.2) is 9.78 Å². The number of imidazole rings is 1. The van der Waals surface area contributed by atoms with Gasteiger partial charge in [0.25, 0.3) is 5.69 Å². The van der Waals surface area contributed by atoms with Crippen LogP contribution in [0.5, 0.6) is 0 Å². The lowest BCUT2D eigenvalue weighted by atomic mass is 10.3. The second-order valence-electron chi connectivity index (χ2n) is 3.63. The van der Waals surface area contributed by atoms with Crippen LogP contribution >= 0.6 is 0 Å². The molecule has 0 aliphatic heterocycles. The lowest BCUT2D eigenvalue weighted by molar-refractivity contribution is -0.385. The van der Waals surface area contributed by atoms with E-state index in [4.69, 9.17) is 5.11 Å². The summed E-state index contributed by atoms with van der Waals surface area (Å²) in [5.41, 5.74) is 1.60. The number of nitrogens with zero attached hydrogens (tertiary/aromatic N) is 3. The third-order valence-electron chi connectivity index (χ3n) is 2.47. The van der Waals surface area contributed by atoms with E-state index in [1.165, 1.54) is 24.4 Å². The predicted molar refractivity (Wildman–Crippen MR) is 63.3 cm³/mol. The average molecular weight is 247 g/mol. The third kappa shape index (κ3) is 2.05. The monoisotopic (exact) mass is 247 g/mol. The highest BCUT2D eigenvalue weighted by molar-refractivity contribution is 5.85. The summed E-state index contributed by atoms with van der Waals surface area (Å²) >= 11 is 0. The molecule has 7 heteroatoms. The molecule has 0 radical (unpaired) electrons. The highest BCUT2D eigenvalue weighted by Gasteiger charge is 2.11. The van der Waals surface area contributed by atoms with Gasteiger partial charge in [-0.15, -0.1) is 0 Å². The minimum absolute atomic E-state index is 0.0447. The molecule has 18 heavy (non-hydrogen) atoms. The summed E-state index contributed by atoms with van der Waals surface area (Å²) < 4.78 is 1.56. The number of carboxylic acid groups (broad SMARTS) is 1. The van der Waals surface area contributed by atoms with Gasteiger partial charge in [-0.1, -0.05) is 0 Å². The number of hydrogen-bond acceptors (Lipinski definition) is 4. The van der Waals surface area contributed by atoms with Crippen molar-refractivity contribution in [3.8, 4) is 0 Å². The summed E-state index contributed by atoms with van der Waals surface area (Å²) in [4.78, 5) is 24.8. The van der Waals surface area contributed by atoms with Crippen LogP contribution in [-0.4, -0.2) is 25.4 Å². The molecular formula is C11H9N3O4. The molecule has 7 nitrogen and oxygen atoms in total. The van der Waals surface area contributed by atoms with E-state index >= 15 is 0 Å². The summed E-state index contributed by atoms with van der Waals surface area (Å²) in [6.45, 7) is 1.71. The number of fused-ring (bicyclic) bond motifs is 1.